The van der Waals surface area contributed by atoms with Crippen molar-refractivity contribution in [3.8, 4) is 0 Å². The first-order valence-corrected chi connectivity index (χ1v) is 11.0. The summed E-state index contributed by atoms with van der Waals surface area (Å²) in [7, 11) is 0. The van der Waals surface area contributed by atoms with Crippen molar-refractivity contribution in [3.05, 3.63) is 23.8 Å². The van der Waals surface area contributed by atoms with Crippen molar-refractivity contribution in [2.45, 2.75) is 63.9 Å². The van der Waals surface area contributed by atoms with Gasteiger partial charge < -0.3 is 15.1 Å². The van der Waals surface area contributed by atoms with Gasteiger partial charge in [-0.05, 0) is 81.1 Å². The van der Waals surface area contributed by atoms with Gasteiger partial charge in [0.2, 0.25) is 0 Å². The topological polar surface area (TPSA) is 62.1 Å². The zero-order valence-electron chi connectivity index (χ0n) is 16.4. The third-order valence-electron chi connectivity index (χ3n) is 9.19. The number of hydrogen-bond acceptors (Lipinski definition) is 4. The minimum absolute atomic E-state index is 0.0223. The molecule has 2 N–H and O–H groups in total. The molecule has 1 heterocycles. The Bertz CT molecular complexity index is 698. The van der Waals surface area contributed by atoms with Crippen LogP contribution in [-0.2, 0) is 4.74 Å². The fraction of sp³-hybridized carbons (Fsp3) is 0.783. The summed E-state index contributed by atoms with van der Waals surface area (Å²) >= 11 is 0. The second-order valence-electron chi connectivity index (χ2n) is 9.62. The second kappa shape index (κ2) is 6.45. The molecule has 0 amide bonds. The first-order valence-electron chi connectivity index (χ1n) is 11.0. The normalized spacial score (nSPS) is 49.8. The van der Waals surface area contributed by atoms with Crippen LogP contribution >= 0.6 is 0 Å². The number of nitrogens with zero attached hydrogens (tertiary/aromatic N) is 1. The minimum Gasteiger partial charge on any atom is -0.411 e. The lowest BCUT2D eigenvalue weighted by molar-refractivity contribution is -0.126. The van der Waals surface area contributed by atoms with Crippen molar-refractivity contribution in [2.24, 2.45) is 40.2 Å². The molecule has 27 heavy (non-hydrogen) atoms. The predicted molar refractivity (Wildman–Crippen MR) is 105 cm³/mol. The Morgan fingerprint density at radius 2 is 2.11 bits per heavy atom. The lowest BCUT2D eigenvalue weighted by atomic mass is 9.48. The van der Waals surface area contributed by atoms with Crippen molar-refractivity contribution in [2.75, 3.05) is 13.2 Å². The molecule has 3 fully saturated rings. The van der Waals surface area contributed by atoms with Gasteiger partial charge in [-0.15, -0.1) is 0 Å². The maximum Gasteiger partial charge on any atom is 0.0926 e. The van der Waals surface area contributed by atoms with Crippen LogP contribution in [0.4, 0.5) is 0 Å². The third kappa shape index (κ3) is 2.32. The van der Waals surface area contributed by atoms with Gasteiger partial charge in [-0.3, -0.25) is 0 Å². The molecule has 1 spiro atoms. The predicted octanol–water partition coefficient (Wildman–Crippen LogP) is 4.32. The molecule has 4 nitrogen and oxygen atoms in total. The van der Waals surface area contributed by atoms with Crippen molar-refractivity contribution in [1.82, 2.24) is 0 Å². The van der Waals surface area contributed by atoms with Crippen molar-refractivity contribution in [1.29, 1.82) is 0 Å². The average Bonchev–Trinajstić information content (AvgIpc) is 3.33. The van der Waals surface area contributed by atoms with Crippen molar-refractivity contribution in [3.63, 3.8) is 0 Å². The van der Waals surface area contributed by atoms with Gasteiger partial charge in [0.05, 0.1) is 17.9 Å². The van der Waals surface area contributed by atoms with E-state index in [1.807, 2.05) is 0 Å². The molecular formula is C23H33NO3. The smallest absolute Gasteiger partial charge is 0.0926 e. The highest BCUT2D eigenvalue weighted by atomic mass is 16.5. The fourth-order valence-corrected chi connectivity index (χ4v) is 8.14. The Hall–Kier alpha value is -1.13. The van der Waals surface area contributed by atoms with E-state index < -0.39 is 0 Å². The van der Waals surface area contributed by atoms with Gasteiger partial charge in [0.25, 0.3) is 0 Å². The van der Waals surface area contributed by atoms with Crippen LogP contribution in [-0.4, -0.2) is 34.8 Å². The van der Waals surface area contributed by atoms with E-state index in [9.17, 15) is 10.3 Å². The number of hydrogen-bond donors (Lipinski definition) is 2. The number of aliphatic hydroxyl groups is 1. The number of rotatable bonds is 2. The Morgan fingerprint density at radius 3 is 2.81 bits per heavy atom. The molecular weight excluding hydrogens is 338 g/mol. The number of oxime groups is 1. The summed E-state index contributed by atoms with van der Waals surface area (Å²) in [4.78, 5) is 0. The van der Waals surface area contributed by atoms with Gasteiger partial charge in [0.15, 0.2) is 0 Å². The SMILES string of the molecule is CC[C@]12CCC3C(C[C@@H](CO)C4=C/C(=N/O)CC[C@@H]43)C1CC[C@@]21C=CCO1. The standard InChI is InChI=1S/C23H33NO3/c1-2-22-9-6-18-17-5-4-16(24-26)13-19(17)15(14-25)12-20(18)21(22)7-10-23(22)8-3-11-27-23/h3,8,13,15,17-18,20-21,25-26H,2,4-7,9-12,14H2,1H3/b24-16+/t15-,17+,18?,20?,21?,22-,23-/m0/s1. The summed E-state index contributed by atoms with van der Waals surface area (Å²) in [6.45, 7) is 3.37. The number of ether oxygens (including phenoxy) is 1. The third-order valence-corrected chi connectivity index (χ3v) is 9.19. The Kier molecular flexibility index (Phi) is 4.28. The zero-order chi connectivity index (χ0) is 18.6. The molecule has 4 heteroatoms. The van der Waals surface area contributed by atoms with Crippen molar-refractivity contribution < 1.29 is 15.1 Å². The monoisotopic (exact) mass is 371 g/mol. The molecule has 0 aromatic carbocycles. The van der Waals surface area contributed by atoms with Crippen LogP contribution in [0.25, 0.3) is 0 Å². The molecule has 0 aromatic heterocycles. The molecule has 4 aliphatic carbocycles. The molecule has 148 valence electrons. The zero-order valence-corrected chi connectivity index (χ0v) is 16.4. The quantitative estimate of drug-likeness (QED) is 0.432. The molecule has 0 saturated heterocycles. The molecule has 3 unspecified atom stereocenters. The molecule has 3 saturated carbocycles. The van der Waals surface area contributed by atoms with Gasteiger partial charge in [0, 0.05) is 17.9 Å². The second-order valence-corrected chi connectivity index (χ2v) is 9.62. The summed E-state index contributed by atoms with van der Waals surface area (Å²) in [5, 5.41) is 22.9. The molecule has 0 aromatic rings. The van der Waals surface area contributed by atoms with Crippen LogP contribution in [0.1, 0.15) is 58.3 Å². The van der Waals surface area contributed by atoms with E-state index in [0.717, 1.165) is 37.5 Å². The highest BCUT2D eigenvalue weighted by Crippen LogP contribution is 2.68. The first-order chi connectivity index (χ1) is 13.2. The van der Waals surface area contributed by atoms with Crippen LogP contribution in [0.2, 0.25) is 0 Å². The highest BCUT2D eigenvalue weighted by molar-refractivity contribution is 5.96. The number of allylic oxidation sites excluding steroid dienone is 1. The molecule has 7 atom stereocenters. The fourth-order valence-electron chi connectivity index (χ4n) is 8.14. The molecule has 5 rings (SSSR count). The lowest BCUT2D eigenvalue weighted by Crippen LogP contribution is -2.54. The lowest BCUT2D eigenvalue weighted by Gasteiger charge is -2.58. The van der Waals surface area contributed by atoms with Gasteiger partial charge in [-0.2, -0.15) is 0 Å². The maximum absolute atomic E-state index is 10.2. The van der Waals surface area contributed by atoms with Crippen LogP contribution in [0.15, 0.2) is 29.0 Å². The highest BCUT2D eigenvalue weighted by Gasteiger charge is 2.65. The van der Waals surface area contributed by atoms with E-state index in [2.05, 4.69) is 30.3 Å². The van der Waals surface area contributed by atoms with E-state index >= 15 is 0 Å². The molecule has 1 aliphatic heterocycles. The van der Waals surface area contributed by atoms with Gasteiger partial charge >= 0.3 is 0 Å². The van der Waals surface area contributed by atoms with Crippen LogP contribution in [0, 0.1) is 35.0 Å². The first kappa shape index (κ1) is 17.9. The number of aliphatic hydroxyl groups excluding tert-OH is 1. The molecule has 5 aliphatic rings. The minimum atomic E-state index is -0.0223. The summed E-state index contributed by atoms with van der Waals surface area (Å²) in [6.07, 6.45) is 16.0. The maximum atomic E-state index is 10.2. The van der Waals surface area contributed by atoms with E-state index in [1.165, 1.54) is 37.7 Å². The van der Waals surface area contributed by atoms with Crippen LogP contribution < -0.4 is 0 Å². The van der Waals surface area contributed by atoms with Gasteiger partial charge in [-0.1, -0.05) is 29.8 Å². The summed E-state index contributed by atoms with van der Waals surface area (Å²) in [5.41, 5.74) is 2.42. The summed E-state index contributed by atoms with van der Waals surface area (Å²) in [6, 6.07) is 0. The largest absolute Gasteiger partial charge is 0.411 e. The van der Waals surface area contributed by atoms with E-state index in [0.29, 0.717) is 17.8 Å². The summed E-state index contributed by atoms with van der Waals surface area (Å²) < 4.78 is 6.42. The Labute approximate surface area is 162 Å². The number of fused-ring (bicyclic) bond motifs is 6. The molecule has 0 radical (unpaired) electrons. The average molecular weight is 372 g/mol. The van der Waals surface area contributed by atoms with Gasteiger partial charge in [0.1, 0.15) is 0 Å². The van der Waals surface area contributed by atoms with E-state index in [4.69, 9.17) is 4.74 Å². The van der Waals surface area contributed by atoms with Crippen LogP contribution in [0.5, 0.6) is 0 Å². The van der Waals surface area contributed by atoms with E-state index in [1.54, 1.807) is 0 Å². The Morgan fingerprint density at radius 1 is 1.22 bits per heavy atom. The van der Waals surface area contributed by atoms with Crippen LogP contribution in [0.3, 0.4) is 0 Å². The Balaban J connectivity index is 1.51. The molecule has 0 bridgehead atoms. The summed E-state index contributed by atoms with van der Waals surface area (Å²) in [5.74, 6) is 2.94. The van der Waals surface area contributed by atoms with Crippen molar-refractivity contribution >= 4 is 5.71 Å². The van der Waals surface area contributed by atoms with Gasteiger partial charge in [-0.25, -0.2) is 0 Å². The van der Waals surface area contributed by atoms with E-state index in [-0.39, 0.29) is 23.5 Å².